The summed E-state index contributed by atoms with van der Waals surface area (Å²) in [6.45, 7) is 2.29. The molecule has 0 saturated carbocycles. The number of imidazole rings is 1. The Morgan fingerprint density at radius 2 is 1.76 bits per heavy atom. The van der Waals surface area contributed by atoms with Crippen LogP contribution in [-0.2, 0) is 22.7 Å². The predicted octanol–water partition coefficient (Wildman–Crippen LogP) is 3.86. The molecule has 0 fully saturated rings. The van der Waals surface area contributed by atoms with Crippen LogP contribution in [0.5, 0.6) is 5.75 Å². The number of rotatable bonds is 8. The van der Waals surface area contributed by atoms with Crippen LogP contribution in [0.3, 0.4) is 0 Å². The molecule has 0 atom stereocenters. The maximum atomic E-state index is 12.5. The summed E-state index contributed by atoms with van der Waals surface area (Å²) in [6, 6.07) is 22.1. The Balaban J connectivity index is 1.37. The molecule has 4 rings (SSSR count). The van der Waals surface area contributed by atoms with Crippen molar-refractivity contribution in [2.24, 2.45) is 5.10 Å². The van der Waals surface area contributed by atoms with E-state index in [-0.39, 0.29) is 18.4 Å². The molecule has 1 aromatic heterocycles. The third-order valence-electron chi connectivity index (χ3n) is 5.23. The number of carbonyl (C=O) groups is 2. The van der Waals surface area contributed by atoms with Gasteiger partial charge in [-0.3, -0.25) is 4.79 Å². The number of esters is 1. The summed E-state index contributed by atoms with van der Waals surface area (Å²) in [5.74, 6) is 0.742. The van der Waals surface area contributed by atoms with Gasteiger partial charge in [-0.1, -0.05) is 36.4 Å². The van der Waals surface area contributed by atoms with Crippen LogP contribution in [0.1, 0.15) is 27.3 Å². The maximum absolute atomic E-state index is 12.5. The number of carbonyl (C=O) groups excluding carboxylic acids is 2. The van der Waals surface area contributed by atoms with Gasteiger partial charge in [0.15, 0.2) is 0 Å². The van der Waals surface area contributed by atoms with Crippen molar-refractivity contribution in [1.82, 2.24) is 15.0 Å². The van der Waals surface area contributed by atoms with E-state index in [4.69, 9.17) is 9.47 Å². The Kier molecular flexibility index (Phi) is 6.98. The zero-order chi connectivity index (χ0) is 23.9. The molecule has 8 heteroatoms. The van der Waals surface area contributed by atoms with Gasteiger partial charge in [-0.25, -0.2) is 15.2 Å². The van der Waals surface area contributed by atoms with E-state index in [2.05, 4.69) is 15.5 Å². The number of nitrogens with one attached hydrogen (secondary N) is 1. The van der Waals surface area contributed by atoms with Crippen molar-refractivity contribution in [2.75, 3.05) is 7.11 Å². The highest BCUT2D eigenvalue weighted by atomic mass is 16.5. The number of amides is 1. The molecule has 0 saturated heterocycles. The van der Waals surface area contributed by atoms with E-state index in [0.29, 0.717) is 17.9 Å². The van der Waals surface area contributed by atoms with Crippen molar-refractivity contribution in [1.29, 1.82) is 0 Å². The Hall–Kier alpha value is -4.46. The van der Waals surface area contributed by atoms with Crippen LogP contribution in [0, 0.1) is 6.92 Å². The summed E-state index contributed by atoms with van der Waals surface area (Å²) in [7, 11) is 1.35. The quantitative estimate of drug-likeness (QED) is 0.247. The summed E-state index contributed by atoms with van der Waals surface area (Å²) in [4.78, 5) is 28.5. The minimum atomic E-state index is -0.382. The summed E-state index contributed by atoms with van der Waals surface area (Å²) < 4.78 is 12.5. The van der Waals surface area contributed by atoms with Crippen molar-refractivity contribution in [2.45, 2.75) is 20.1 Å². The zero-order valence-electron chi connectivity index (χ0n) is 18.9. The van der Waals surface area contributed by atoms with E-state index in [9.17, 15) is 9.59 Å². The number of hydrogen-bond acceptors (Lipinski definition) is 6. The molecular formula is C26H24N4O4. The molecule has 0 radical (unpaired) electrons. The first-order chi connectivity index (χ1) is 16.5. The predicted molar refractivity (Wildman–Crippen MR) is 129 cm³/mol. The molecular weight excluding hydrogens is 432 g/mol. The summed E-state index contributed by atoms with van der Waals surface area (Å²) in [5.41, 5.74) is 6.42. The second kappa shape index (κ2) is 10.4. The molecule has 1 amide bonds. The molecule has 0 unspecified atom stereocenters. The molecule has 1 heterocycles. The van der Waals surface area contributed by atoms with Crippen LogP contribution in [0.25, 0.3) is 11.0 Å². The van der Waals surface area contributed by atoms with Crippen molar-refractivity contribution in [3.63, 3.8) is 0 Å². The molecule has 34 heavy (non-hydrogen) atoms. The SMILES string of the molecule is COC(=O)c1ccc(COc2ccccc2/C=N/NC(=O)Cn2c(C)nc3ccccc32)cc1. The van der Waals surface area contributed by atoms with Gasteiger partial charge in [0.25, 0.3) is 5.91 Å². The maximum Gasteiger partial charge on any atom is 0.337 e. The first-order valence-corrected chi connectivity index (χ1v) is 10.7. The van der Waals surface area contributed by atoms with Crippen molar-refractivity contribution >= 4 is 29.1 Å². The van der Waals surface area contributed by atoms with Gasteiger partial charge < -0.3 is 14.0 Å². The van der Waals surface area contributed by atoms with Crippen molar-refractivity contribution < 1.29 is 19.1 Å². The monoisotopic (exact) mass is 456 g/mol. The Bertz CT molecular complexity index is 1340. The molecule has 0 aliphatic heterocycles. The van der Waals surface area contributed by atoms with Crippen LogP contribution in [0.4, 0.5) is 0 Å². The first kappa shape index (κ1) is 22.7. The minimum absolute atomic E-state index is 0.114. The Labute approximate surface area is 196 Å². The second-order valence-corrected chi connectivity index (χ2v) is 7.54. The lowest BCUT2D eigenvalue weighted by atomic mass is 10.1. The fraction of sp³-hybridized carbons (Fsp3) is 0.154. The second-order valence-electron chi connectivity index (χ2n) is 7.54. The highest BCUT2D eigenvalue weighted by Gasteiger charge is 2.10. The highest BCUT2D eigenvalue weighted by Crippen LogP contribution is 2.18. The normalized spacial score (nSPS) is 11.0. The molecule has 4 aromatic rings. The van der Waals surface area contributed by atoms with Gasteiger partial charge in [0.05, 0.1) is 29.9 Å². The lowest BCUT2D eigenvalue weighted by molar-refractivity contribution is -0.121. The molecule has 3 aromatic carbocycles. The van der Waals surface area contributed by atoms with Gasteiger partial charge in [-0.15, -0.1) is 0 Å². The van der Waals surface area contributed by atoms with Crippen LogP contribution >= 0.6 is 0 Å². The summed E-state index contributed by atoms with van der Waals surface area (Å²) >= 11 is 0. The Morgan fingerprint density at radius 3 is 2.56 bits per heavy atom. The van der Waals surface area contributed by atoms with E-state index in [1.54, 1.807) is 18.3 Å². The van der Waals surface area contributed by atoms with Gasteiger partial charge in [-0.05, 0) is 48.9 Å². The number of benzene rings is 3. The van der Waals surface area contributed by atoms with Gasteiger partial charge in [-0.2, -0.15) is 5.10 Å². The number of fused-ring (bicyclic) bond motifs is 1. The lowest BCUT2D eigenvalue weighted by Gasteiger charge is -2.09. The van der Waals surface area contributed by atoms with Crippen LogP contribution in [0.2, 0.25) is 0 Å². The fourth-order valence-electron chi connectivity index (χ4n) is 3.48. The van der Waals surface area contributed by atoms with E-state index < -0.39 is 0 Å². The third-order valence-corrected chi connectivity index (χ3v) is 5.23. The molecule has 172 valence electrons. The number of aromatic nitrogens is 2. The minimum Gasteiger partial charge on any atom is -0.488 e. The number of para-hydroxylation sites is 3. The van der Waals surface area contributed by atoms with Crippen LogP contribution < -0.4 is 10.2 Å². The molecule has 8 nitrogen and oxygen atoms in total. The molecule has 0 aliphatic carbocycles. The number of nitrogens with zero attached hydrogens (tertiary/aromatic N) is 3. The summed E-state index contributed by atoms with van der Waals surface area (Å²) in [6.07, 6.45) is 1.55. The average Bonchev–Trinajstić information content (AvgIpc) is 3.18. The lowest BCUT2D eigenvalue weighted by Crippen LogP contribution is -2.23. The average molecular weight is 457 g/mol. The topological polar surface area (TPSA) is 94.8 Å². The van der Waals surface area contributed by atoms with E-state index >= 15 is 0 Å². The smallest absolute Gasteiger partial charge is 0.337 e. The van der Waals surface area contributed by atoms with E-state index in [1.165, 1.54) is 7.11 Å². The zero-order valence-corrected chi connectivity index (χ0v) is 18.9. The number of hydrazone groups is 1. The Morgan fingerprint density at radius 1 is 1.03 bits per heavy atom. The number of ether oxygens (including phenoxy) is 2. The third kappa shape index (κ3) is 5.29. The molecule has 1 N–H and O–H groups in total. The van der Waals surface area contributed by atoms with Gasteiger partial charge in [0, 0.05) is 5.56 Å². The molecule has 0 spiro atoms. The fourth-order valence-corrected chi connectivity index (χ4v) is 3.48. The molecule has 0 aliphatic rings. The highest BCUT2D eigenvalue weighted by molar-refractivity contribution is 5.89. The van der Waals surface area contributed by atoms with Gasteiger partial charge in [0.2, 0.25) is 0 Å². The summed E-state index contributed by atoms with van der Waals surface area (Å²) in [5, 5.41) is 4.10. The molecule has 0 bridgehead atoms. The van der Waals surface area contributed by atoms with Crippen molar-refractivity contribution in [3.05, 3.63) is 95.3 Å². The number of methoxy groups -OCH3 is 1. The van der Waals surface area contributed by atoms with E-state index in [0.717, 1.165) is 28.0 Å². The number of hydrogen-bond donors (Lipinski definition) is 1. The number of aryl methyl sites for hydroxylation is 1. The van der Waals surface area contributed by atoms with Crippen LogP contribution in [0.15, 0.2) is 77.9 Å². The van der Waals surface area contributed by atoms with Crippen molar-refractivity contribution in [3.8, 4) is 5.75 Å². The standard InChI is InChI=1S/C26H24N4O4/c1-18-28-22-8-4-5-9-23(22)30(18)16-25(31)29-27-15-21-7-3-6-10-24(21)34-17-19-11-13-20(14-12-19)26(32)33-2/h3-15H,16-17H2,1-2H3,(H,29,31)/b27-15+. The van der Waals surface area contributed by atoms with Gasteiger partial charge in [0.1, 0.15) is 24.7 Å². The van der Waals surface area contributed by atoms with Crippen LogP contribution in [-0.4, -0.2) is 34.8 Å². The van der Waals surface area contributed by atoms with E-state index in [1.807, 2.05) is 72.2 Å². The largest absolute Gasteiger partial charge is 0.488 e. The van der Waals surface area contributed by atoms with Gasteiger partial charge >= 0.3 is 5.97 Å². The first-order valence-electron chi connectivity index (χ1n) is 10.7.